The highest BCUT2D eigenvalue weighted by atomic mass is 32.1. The van der Waals surface area contributed by atoms with E-state index < -0.39 is 0 Å². The van der Waals surface area contributed by atoms with Crippen LogP contribution >= 0.6 is 11.3 Å². The van der Waals surface area contributed by atoms with E-state index in [1.54, 1.807) is 14.2 Å². The van der Waals surface area contributed by atoms with Crippen molar-refractivity contribution in [3.63, 3.8) is 0 Å². The van der Waals surface area contributed by atoms with E-state index in [9.17, 15) is 4.79 Å². The number of hydrogen-bond acceptors (Lipinski definition) is 6. The van der Waals surface area contributed by atoms with Gasteiger partial charge in [-0.2, -0.15) is 0 Å². The zero-order valence-electron chi connectivity index (χ0n) is 12.9. The van der Waals surface area contributed by atoms with Crippen LogP contribution in [0.4, 0.5) is 5.13 Å². The average Bonchev–Trinajstić information content (AvgIpc) is 3.00. The number of ether oxygens (including phenoxy) is 2. The minimum Gasteiger partial charge on any atom is -0.493 e. The maximum atomic E-state index is 11.9. The highest BCUT2D eigenvalue weighted by Crippen LogP contribution is 2.28. The number of methoxy groups -OCH3 is 2. The van der Waals surface area contributed by atoms with Gasteiger partial charge in [0.15, 0.2) is 11.5 Å². The first-order valence-electron chi connectivity index (χ1n) is 6.99. The number of carbonyl (C=O) groups excluding carboxylic acids is 1. The molecule has 0 aliphatic heterocycles. The molecule has 0 atom stereocenters. The lowest BCUT2D eigenvalue weighted by Crippen LogP contribution is -2.12. The van der Waals surface area contributed by atoms with Gasteiger partial charge in [0.1, 0.15) is 5.01 Å². The number of aryl methyl sites for hydroxylation is 2. The Labute approximate surface area is 133 Å². The van der Waals surface area contributed by atoms with E-state index in [-0.39, 0.29) is 5.91 Å². The molecule has 0 bridgehead atoms. The summed E-state index contributed by atoms with van der Waals surface area (Å²) < 4.78 is 10.4. The molecule has 0 unspecified atom stereocenters. The van der Waals surface area contributed by atoms with Crippen LogP contribution in [0.15, 0.2) is 18.2 Å². The largest absolute Gasteiger partial charge is 0.493 e. The van der Waals surface area contributed by atoms with Gasteiger partial charge in [0, 0.05) is 6.42 Å². The van der Waals surface area contributed by atoms with E-state index in [1.165, 1.54) is 11.3 Å². The number of amides is 1. The Balaban J connectivity index is 1.90. The van der Waals surface area contributed by atoms with Crippen molar-refractivity contribution < 1.29 is 14.3 Å². The molecule has 2 aromatic rings. The van der Waals surface area contributed by atoms with Crippen LogP contribution in [0.1, 0.15) is 23.9 Å². The fourth-order valence-electron chi connectivity index (χ4n) is 1.92. The summed E-state index contributed by atoms with van der Waals surface area (Å²) in [6.07, 6.45) is 1.81. The average molecular weight is 321 g/mol. The van der Waals surface area contributed by atoms with Gasteiger partial charge in [-0.05, 0) is 30.5 Å². The van der Waals surface area contributed by atoms with Crippen LogP contribution in [0.3, 0.4) is 0 Å². The first-order valence-corrected chi connectivity index (χ1v) is 7.81. The molecule has 0 aliphatic rings. The first kappa shape index (κ1) is 16.2. The molecule has 118 valence electrons. The van der Waals surface area contributed by atoms with Gasteiger partial charge < -0.3 is 14.8 Å². The maximum absolute atomic E-state index is 11.9. The van der Waals surface area contributed by atoms with Crippen LogP contribution in [-0.4, -0.2) is 30.3 Å². The van der Waals surface area contributed by atoms with Crippen LogP contribution in [0.25, 0.3) is 0 Å². The van der Waals surface area contributed by atoms with Crippen LogP contribution in [0.5, 0.6) is 11.5 Å². The first-order chi connectivity index (χ1) is 10.7. The summed E-state index contributed by atoms with van der Waals surface area (Å²) in [6, 6.07) is 5.64. The van der Waals surface area contributed by atoms with Crippen molar-refractivity contribution in [2.75, 3.05) is 19.5 Å². The molecule has 0 spiro atoms. The highest BCUT2D eigenvalue weighted by molar-refractivity contribution is 7.15. The van der Waals surface area contributed by atoms with Crippen molar-refractivity contribution in [3.05, 3.63) is 28.8 Å². The number of anilines is 1. The third kappa shape index (κ3) is 4.17. The topological polar surface area (TPSA) is 73.3 Å². The zero-order valence-corrected chi connectivity index (χ0v) is 13.7. The number of benzene rings is 1. The van der Waals surface area contributed by atoms with Crippen molar-refractivity contribution in [1.29, 1.82) is 0 Å². The van der Waals surface area contributed by atoms with Crippen LogP contribution < -0.4 is 14.8 Å². The summed E-state index contributed by atoms with van der Waals surface area (Å²) in [5.74, 6) is 1.27. The molecule has 0 fully saturated rings. The van der Waals surface area contributed by atoms with E-state index in [2.05, 4.69) is 15.5 Å². The summed E-state index contributed by atoms with van der Waals surface area (Å²) in [4.78, 5) is 11.9. The minimum absolute atomic E-state index is 0.0754. The molecule has 1 heterocycles. The summed E-state index contributed by atoms with van der Waals surface area (Å²) in [5, 5.41) is 12.1. The van der Waals surface area contributed by atoms with Gasteiger partial charge >= 0.3 is 0 Å². The molecule has 0 aliphatic carbocycles. The smallest absolute Gasteiger partial charge is 0.226 e. The Hall–Kier alpha value is -2.15. The Morgan fingerprint density at radius 3 is 2.64 bits per heavy atom. The number of aromatic nitrogens is 2. The number of hydrogen-bond donors (Lipinski definition) is 1. The molecule has 0 radical (unpaired) electrons. The second-order valence-corrected chi connectivity index (χ2v) is 5.65. The lowest BCUT2D eigenvalue weighted by atomic mass is 10.1. The second kappa shape index (κ2) is 7.74. The fraction of sp³-hybridized carbons (Fsp3) is 0.400. The SMILES string of the molecule is CCc1nnc(NC(=O)CCc2ccc(OC)c(OC)c2)s1. The molecular formula is C15H19N3O3S. The monoisotopic (exact) mass is 321 g/mol. The fourth-order valence-corrected chi connectivity index (χ4v) is 2.62. The lowest BCUT2D eigenvalue weighted by molar-refractivity contribution is -0.116. The van der Waals surface area contributed by atoms with Gasteiger partial charge in [0.25, 0.3) is 0 Å². The Morgan fingerprint density at radius 2 is 2.00 bits per heavy atom. The molecule has 1 amide bonds. The Bertz CT molecular complexity index is 643. The molecule has 1 aromatic heterocycles. The number of carbonyl (C=O) groups is 1. The zero-order chi connectivity index (χ0) is 15.9. The molecule has 0 saturated carbocycles. The summed E-state index contributed by atoms with van der Waals surface area (Å²) in [7, 11) is 3.19. The van der Waals surface area contributed by atoms with Gasteiger partial charge in [0.2, 0.25) is 11.0 Å². The van der Waals surface area contributed by atoms with Crippen LogP contribution in [-0.2, 0) is 17.6 Å². The van der Waals surface area contributed by atoms with Gasteiger partial charge in [-0.1, -0.05) is 24.3 Å². The van der Waals surface area contributed by atoms with Gasteiger partial charge in [-0.25, -0.2) is 0 Å². The molecule has 0 saturated heterocycles. The van der Waals surface area contributed by atoms with Crippen molar-refractivity contribution in [1.82, 2.24) is 10.2 Å². The predicted octanol–water partition coefficient (Wildman–Crippen LogP) is 2.69. The third-order valence-electron chi connectivity index (χ3n) is 3.10. The standard InChI is InChI=1S/C15H19N3O3S/c1-4-14-17-18-15(22-14)16-13(19)8-6-10-5-7-11(20-2)12(9-10)21-3/h5,7,9H,4,6,8H2,1-3H3,(H,16,18,19). The Morgan fingerprint density at radius 1 is 1.23 bits per heavy atom. The molecule has 7 heteroatoms. The lowest BCUT2D eigenvalue weighted by Gasteiger charge is -2.09. The summed E-state index contributed by atoms with van der Waals surface area (Å²) >= 11 is 1.40. The van der Waals surface area contributed by atoms with Crippen molar-refractivity contribution >= 4 is 22.4 Å². The molecule has 1 N–H and O–H groups in total. The normalized spacial score (nSPS) is 10.3. The number of rotatable bonds is 7. The Kier molecular flexibility index (Phi) is 5.71. The molecule has 1 aromatic carbocycles. The maximum Gasteiger partial charge on any atom is 0.226 e. The van der Waals surface area contributed by atoms with Crippen molar-refractivity contribution in [3.8, 4) is 11.5 Å². The summed E-state index contributed by atoms with van der Waals surface area (Å²) in [6.45, 7) is 2.00. The van der Waals surface area contributed by atoms with E-state index in [0.29, 0.717) is 29.5 Å². The highest BCUT2D eigenvalue weighted by Gasteiger charge is 2.09. The van der Waals surface area contributed by atoms with Gasteiger partial charge in [-0.15, -0.1) is 10.2 Å². The summed E-state index contributed by atoms with van der Waals surface area (Å²) in [5.41, 5.74) is 1.01. The molecule has 22 heavy (non-hydrogen) atoms. The van der Waals surface area contributed by atoms with E-state index in [1.807, 2.05) is 25.1 Å². The third-order valence-corrected chi connectivity index (χ3v) is 4.09. The van der Waals surface area contributed by atoms with E-state index in [4.69, 9.17) is 9.47 Å². The van der Waals surface area contributed by atoms with Gasteiger partial charge in [0.05, 0.1) is 14.2 Å². The minimum atomic E-state index is -0.0754. The number of nitrogens with zero attached hydrogens (tertiary/aromatic N) is 2. The quantitative estimate of drug-likeness (QED) is 0.849. The molecular weight excluding hydrogens is 302 g/mol. The predicted molar refractivity (Wildman–Crippen MR) is 85.8 cm³/mol. The number of nitrogens with one attached hydrogen (secondary N) is 1. The second-order valence-electron chi connectivity index (χ2n) is 4.59. The van der Waals surface area contributed by atoms with E-state index in [0.717, 1.165) is 17.0 Å². The van der Waals surface area contributed by atoms with Crippen LogP contribution in [0.2, 0.25) is 0 Å². The van der Waals surface area contributed by atoms with E-state index >= 15 is 0 Å². The van der Waals surface area contributed by atoms with Crippen LogP contribution in [0, 0.1) is 0 Å². The van der Waals surface area contributed by atoms with Crippen molar-refractivity contribution in [2.45, 2.75) is 26.2 Å². The molecule has 2 rings (SSSR count). The molecule has 6 nitrogen and oxygen atoms in total. The van der Waals surface area contributed by atoms with Crippen molar-refractivity contribution in [2.24, 2.45) is 0 Å². The van der Waals surface area contributed by atoms with Gasteiger partial charge in [-0.3, -0.25) is 4.79 Å².